The quantitative estimate of drug-likeness (QED) is 0.485. The van der Waals surface area contributed by atoms with Crippen LogP contribution in [0.15, 0.2) is 72.9 Å². The number of methoxy groups -OCH3 is 1. The molecule has 0 spiro atoms. The number of aromatic nitrogens is 2. The third-order valence-electron chi connectivity index (χ3n) is 4.12. The van der Waals surface area contributed by atoms with Gasteiger partial charge in [0.1, 0.15) is 11.5 Å². The summed E-state index contributed by atoms with van der Waals surface area (Å²) in [5.74, 6) is 1.35. The van der Waals surface area contributed by atoms with Gasteiger partial charge in [0.15, 0.2) is 0 Å². The van der Waals surface area contributed by atoms with E-state index in [-0.39, 0.29) is 5.91 Å². The van der Waals surface area contributed by atoms with E-state index in [1.807, 2.05) is 6.07 Å². The zero-order chi connectivity index (χ0) is 20.2. The van der Waals surface area contributed by atoms with Crippen LogP contribution in [0.5, 0.6) is 17.4 Å². The van der Waals surface area contributed by atoms with Crippen molar-refractivity contribution in [2.45, 2.75) is 0 Å². The average molecular weight is 406 g/mol. The molecule has 0 aliphatic carbocycles. The zero-order valence-electron chi connectivity index (χ0n) is 15.4. The highest BCUT2D eigenvalue weighted by Gasteiger charge is 2.08. The lowest BCUT2D eigenvalue weighted by Gasteiger charge is -2.10. The molecule has 0 bridgehead atoms. The molecule has 0 aliphatic rings. The van der Waals surface area contributed by atoms with Gasteiger partial charge in [-0.3, -0.25) is 4.79 Å². The molecule has 0 saturated heterocycles. The van der Waals surface area contributed by atoms with E-state index < -0.39 is 0 Å². The first-order valence-electron chi connectivity index (χ1n) is 8.76. The predicted molar refractivity (Wildman–Crippen MR) is 112 cm³/mol. The zero-order valence-corrected chi connectivity index (χ0v) is 16.2. The van der Waals surface area contributed by atoms with E-state index in [1.54, 1.807) is 74.0 Å². The number of ether oxygens (including phenoxy) is 2. The van der Waals surface area contributed by atoms with E-state index in [2.05, 4.69) is 15.3 Å². The van der Waals surface area contributed by atoms with Crippen LogP contribution in [0, 0.1) is 0 Å². The number of halogens is 1. The van der Waals surface area contributed by atoms with Gasteiger partial charge in [0.25, 0.3) is 5.91 Å². The normalized spacial score (nSPS) is 10.6. The maximum Gasteiger partial charge on any atom is 0.255 e. The van der Waals surface area contributed by atoms with Crippen LogP contribution in [0.3, 0.4) is 0 Å². The lowest BCUT2D eigenvalue weighted by Crippen LogP contribution is -2.11. The summed E-state index contributed by atoms with van der Waals surface area (Å²) >= 11 is 5.95. The van der Waals surface area contributed by atoms with Crippen molar-refractivity contribution in [2.24, 2.45) is 0 Å². The second-order valence-corrected chi connectivity index (χ2v) is 6.59. The first-order valence-corrected chi connectivity index (χ1v) is 9.14. The number of benzene rings is 3. The fraction of sp³-hybridized carbons (Fsp3) is 0.0455. The Morgan fingerprint density at radius 1 is 0.966 bits per heavy atom. The summed E-state index contributed by atoms with van der Waals surface area (Å²) in [6.45, 7) is 0. The molecule has 0 unspecified atom stereocenters. The van der Waals surface area contributed by atoms with E-state index in [0.717, 1.165) is 5.52 Å². The Labute approximate surface area is 172 Å². The summed E-state index contributed by atoms with van der Waals surface area (Å²) in [5, 5.41) is 3.35. The highest BCUT2D eigenvalue weighted by molar-refractivity contribution is 6.31. The molecule has 4 rings (SSSR count). The fourth-order valence-corrected chi connectivity index (χ4v) is 2.93. The lowest BCUT2D eigenvalue weighted by molar-refractivity contribution is 0.102. The lowest BCUT2D eigenvalue weighted by atomic mass is 10.2. The van der Waals surface area contributed by atoms with Crippen LogP contribution >= 0.6 is 11.6 Å². The molecule has 0 aliphatic heterocycles. The van der Waals surface area contributed by atoms with Gasteiger partial charge in [-0.15, -0.1) is 0 Å². The second kappa shape index (κ2) is 8.16. The largest absolute Gasteiger partial charge is 0.480 e. The van der Waals surface area contributed by atoms with Gasteiger partial charge in [-0.1, -0.05) is 23.7 Å². The average Bonchev–Trinajstić information content (AvgIpc) is 2.73. The summed E-state index contributed by atoms with van der Waals surface area (Å²) in [7, 11) is 1.54. The Morgan fingerprint density at radius 2 is 1.79 bits per heavy atom. The SMILES string of the molecule is COc1cnc2ccc(Oc3cccc(NC(=O)c4cccc(Cl)c4)c3)cc2n1. The van der Waals surface area contributed by atoms with Crippen molar-refractivity contribution in [3.05, 3.63) is 83.5 Å². The Morgan fingerprint density at radius 3 is 2.62 bits per heavy atom. The standard InChI is InChI=1S/C22H16ClN3O3/c1-28-21-13-24-19-9-8-18(12-20(19)26-21)29-17-7-3-6-16(11-17)25-22(27)14-4-2-5-15(23)10-14/h2-13H,1H3,(H,25,27). The van der Waals surface area contributed by atoms with Gasteiger partial charge in [0, 0.05) is 28.4 Å². The summed E-state index contributed by atoms with van der Waals surface area (Å²) in [6.07, 6.45) is 1.56. The molecule has 1 aromatic heterocycles. The topological polar surface area (TPSA) is 73.3 Å². The van der Waals surface area contributed by atoms with Crippen molar-refractivity contribution >= 4 is 34.2 Å². The Kier molecular flexibility index (Phi) is 5.27. The molecule has 0 saturated carbocycles. The summed E-state index contributed by atoms with van der Waals surface area (Å²) in [5.41, 5.74) is 2.48. The number of rotatable bonds is 5. The minimum absolute atomic E-state index is 0.252. The van der Waals surface area contributed by atoms with Crippen LogP contribution in [0.4, 0.5) is 5.69 Å². The van der Waals surface area contributed by atoms with Crippen LogP contribution in [-0.4, -0.2) is 23.0 Å². The summed E-state index contributed by atoms with van der Waals surface area (Å²) in [6, 6.07) is 19.3. The minimum Gasteiger partial charge on any atom is -0.480 e. The van der Waals surface area contributed by atoms with Gasteiger partial charge in [0.2, 0.25) is 5.88 Å². The number of hydrogen-bond acceptors (Lipinski definition) is 5. The van der Waals surface area contributed by atoms with E-state index in [9.17, 15) is 4.79 Å². The Bertz CT molecular complexity index is 1200. The van der Waals surface area contributed by atoms with Crippen molar-refractivity contribution in [2.75, 3.05) is 12.4 Å². The first-order chi connectivity index (χ1) is 14.1. The van der Waals surface area contributed by atoms with E-state index in [0.29, 0.717) is 39.2 Å². The van der Waals surface area contributed by atoms with Crippen molar-refractivity contribution < 1.29 is 14.3 Å². The van der Waals surface area contributed by atoms with Crippen LogP contribution in [0.1, 0.15) is 10.4 Å². The van der Waals surface area contributed by atoms with Gasteiger partial charge in [-0.2, -0.15) is 0 Å². The number of carbonyl (C=O) groups excluding carboxylic acids is 1. The van der Waals surface area contributed by atoms with E-state index in [4.69, 9.17) is 21.1 Å². The Balaban J connectivity index is 1.53. The molecule has 7 heteroatoms. The summed E-state index contributed by atoms with van der Waals surface area (Å²) in [4.78, 5) is 21.0. The molecular formula is C22H16ClN3O3. The number of hydrogen-bond donors (Lipinski definition) is 1. The Hall–Kier alpha value is -3.64. The van der Waals surface area contributed by atoms with Crippen LogP contribution in [0.25, 0.3) is 11.0 Å². The van der Waals surface area contributed by atoms with Crippen molar-refractivity contribution in [3.8, 4) is 17.4 Å². The number of anilines is 1. The number of fused-ring (bicyclic) bond motifs is 1. The first kappa shape index (κ1) is 18.7. The van der Waals surface area contributed by atoms with Crippen LogP contribution < -0.4 is 14.8 Å². The van der Waals surface area contributed by atoms with Gasteiger partial charge < -0.3 is 14.8 Å². The second-order valence-electron chi connectivity index (χ2n) is 6.16. The molecule has 1 N–H and O–H groups in total. The molecule has 0 radical (unpaired) electrons. The molecule has 0 atom stereocenters. The smallest absolute Gasteiger partial charge is 0.255 e. The maximum absolute atomic E-state index is 12.4. The monoisotopic (exact) mass is 405 g/mol. The van der Waals surface area contributed by atoms with E-state index >= 15 is 0 Å². The molecule has 6 nitrogen and oxygen atoms in total. The molecular weight excluding hydrogens is 390 g/mol. The van der Waals surface area contributed by atoms with Gasteiger partial charge in [0.05, 0.1) is 24.3 Å². The molecule has 3 aromatic carbocycles. The van der Waals surface area contributed by atoms with E-state index in [1.165, 1.54) is 0 Å². The molecule has 0 fully saturated rings. The molecule has 1 heterocycles. The van der Waals surface area contributed by atoms with Crippen LogP contribution in [-0.2, 0) is 0 Å². The van der Waals surface area contributed by atoms with Gasteiger partial charge in [-0.25, -0.2) is 9.97 Å². The third-order valence-corrected chi connectivity index (χ3v) is 4.35. The van der Waals surface area contributed by atoms with Crippen molar-refractivity contribution in [3.63, 3.8) is 0 Å². The number of amides is 1. The highest BCUT2D eigenvalue weighted by atomic mass is 35.5. The number of nitrogens with zero attached hydrogens (tertiary/aromatic N) is 2. The van der Waals surface area contributed by atoms with Gasteiger partial charge >= 0.3 is 0 Å². The number of nitrogens with one attached hydrogen (secondary N) is 1. The van der Waals surface area contributed by atoms with Gasteiger partial charge in [-0.05, 0) is 42.5 Å². The fourth-order valence-electron chi connectivity index (χ4n) is 2.74. The predicted octanol–water partition coefficient (Wildman–Crippen LogP) is 5.34. The van der Waals surface area contributed by atoms with Crippen LogP contribution in [0.2, 0.25) is 5.02 Å². The van der Waals surface area contributed by atoms with Crippen molar-refractivity contribution in [1.82, 2.24) is 9.97 Å². The summed E-state index contributed by atoms with van der Waals surface area (Å²) < 4.78 is 11.0. The molecule has 29 heavy (non-hydrogen) atoms. The molecule has 1 amide bonds. The number of carbonyl (C=O) groups is 1. The molecule has 144 valence electrons. The minimum atomic E-state index is -0.252. The third kappa shape index (κ3) is 4.44. The van der Waals surface area contributed by atoms with Crippen molar-refractivity contribution in [1.29, 1.82) is 0 Å². The highest BCUT2D eigenvalue weighted by Crippen LogP contribution is 2.27. The molecule has 4 aromatic rings. The maximum atomic E-state index is 12.4.